The predicted octanol–water partition coefficient (Wildman–Crippen LogP) is 2.48. The molecule has 2 rings (SSSR count). The lowest BCUT2D eigenvalue weighted by atomic mass is 9.78. The lowest BCUT2D eigenvalue weighted by Crippen LogP contribution is -2.43. The van der Waals surface area contributed by atoms with Crippen molar-refractivity contribution in [1.82, 2.24) is 4.90 Å². The minimum Gasteiger partial charge on any atom is -0.327 e. The molecule has 0 aliphatic heterocycles. The maximum atomic E-state index is 6.24. The van der Waals surface area contributed by atoms with Crippen LogP contribution in [-0.2, 0) is 0 Å². The molecule has 0 aromatic carbocycles. The van der Waals surface area contributed by atoms with Crippen molar-refractivity contribution in [1.29, 1.82) is 0 Å². The number of nitrogens with zero attached hydrogens (tertiary/aromatic N) is 1. The van der Waals surface area contributed by atoms with Crippen molar-refractivity contribution < 1.29 is 0 Å². The summed E-state index contributed by atoms with van der Waals surface area (Å²) in [6.07, 6.45) is 8.29. The molecule has 0 amide bonds. The molecule has 2 aliphatic carbocycles. The molecular weight excluding hydrogens is 196 g/mol. The van der Waals surface area contributed by atoms with Crippen molar-refractivity contribution in [2.75, 3.05) is 20.1 Å². The summed E-state index contributed by atoms with van der Waals surface area (Å²) >= 11 is 0. The quantitative estimate of drug-likeness (QED) is 0.795. The summed E-state index contributed by atoms with van der Waals surface area (Å²) in [5.41, 5.74) is 6.24. The molecule has 2 nitrogen and oxygen atoms in total. The Kier molecular flexibility index (Phi) is 4.26. The van der Waals surface area contributed by atoms with Crippen molar-refractivity contribution in [2.24, 2.45) is 23.5 Å². The van der Waals surface area contributed by atoms with Crippen LogP contribution in [0.1, 0.15) is 45.4 Å². The first kappa shape index (κ1) is 12.4. The van der Waals surface area contributed by atoms with E-state index in [0.717, 1.165) is 17.8 Å². The smallest absolute Gasteiger partial charge is 0.00795 e. The molecule has 94 valence electrons. The predicted molar refractivity (Wildman–Crippen MR) is 69.3 cm³/mol. The van der Waals surface area contributed by atoms with Crippen LogP contribution in [0, 0.1) is 17.8 Å². The number of rotatable bonds is 4. The highest BCUT2D eigenvalue weighted by Crippen LogP contribution is 2.30. The van der Waals surface area contributed by atoms with Gasteiger partial charge in [-0.05, 0) is 56.9 Å². The van der Waals surface area contributed by atoms with E-state index in [4.69, 9.17) is 5.73 Å². The fourth-order valence-corrected chi connectivity index (χ4v) is 3.32. The fourth-order valence-electron chi connectivity index (χ4n) is 3.32. The molecule has 2 heteroatoms. The molecule has 16 heavy (non-hydrogen) atoms. The van der Waals surface area contributed by atoms with Crippen LogP contribution in [0.5, 0.6) is 0 Å². The van der Waals surface area contributed by atoms with Gasteiger partial charge >= 0.3 is 0 Å². The van der Waals surface area contributed by atoms with Gasteiger partial charge in [-0.2, -0.15) is 0 Å². The average molecular weight is 224 g/mol. The molecule has 0 aromatic rings. The normalized spacial score (nSPS) is 36.4. The third kappa shape index (κ3) is 3.21. The first-order valence-corrected chi connectivity index (χ1v) is 7.09. The molecule has 2 N–H and O–H groups in total. The molecular formula is C14H28N2. The van der Waals surface area contributed by atoms with Gasteiger partial charge in [0.2, 0.25) is 0 Å². The zero-order chi connectivity index (χ0) is 11.5. The Morgan fingerprint density at radius 3 is 2.50 bits per heavy atom. The average Bonchev–Trinajstić information content (AvgIpc) is 2.18. The van der Waals surface area contributed by atoms with E-state index in [-0.39, 0.29) is 0 Å². The summed E-state index contributed by atoms with van der Waals surface area (Å²) in [4.78, 5) is 2.53. The van der Waals surface area contributed by atoms with Gasteiger partial charge in [0, 0.05) is 19.1 Å². The molecule has 0 radical (unpaired) electrons. The molecule has 0 saturated heterocycles. The molecule has 2 saturated carbocycles. The van der Waals surface area contributed by atoms with Gasteiger partial charge in [0.05, 0.1) is 0 Å². The Balaban J connectivity index is 1.73. The monoisotopic (exact) mass is 224 g/mol. The molecule has 0 aromatic heterocycles. The molecule has 3 unspecified atom stereocenters. The van der Waals surface area contributed by atoms with Crippen LogP contribution in [-0.4, -0.2) is 31.1 Å². The van der Waals surface area contributed by atoms with E-state index < -0.39 is 0 Å². The Morgan fingerprint density at radius 2 is 1.88 bits per heavy atom. The van der Waals surface area contributed by atoms with E-state index in [1.807, 2.05) is 0 Å². The summed E-state index contributed by atoms with van der Waals surface area (Å²) in [5.74, 6) is 2.62. The standard InChI is InChI=1S/C14H28N2/c1-11-6-7-14(15)13(8-11)10-16(2)9-12-4-3-5-12/h11-14H,3-10,15H2,1-2H3. The zero-order valence-electron chi connectivity index (χ0n) is 11.0. The molecule has 2 aliphatic rings. The first-order valence-electron chi connectivity index (χ1n) is 7.09. The van der Waals surface area contributed by atoms with Gasteiger partial charge in [0.1, 0.15) is 0 Å². The number of hydrogen-bond donors (Lipinski definition) is 1. The van der Waals surface area contributed by atoms with Gasteiger partial charge in [-0.15, -0.1) is 0 Å². The molecule has 0 heterocycles. The van der Waals surface area contributed by atoms with E-state index in [9.17, 15) is 0 Å². The van der Waals surface area contributed by atoms with Crippen LogP contribution >= 0.6 is 0 Å². The second-order valence-electron chi connectivity index (χ2n) is 6.36. The van der Waals surface area contributed by atoms with E-state index in [0.29, 0.717) is 6.04 Å². The lowest BCUT2D eigenvalue weighted by Gasteiger charge is -2.37. The van der Waals surface area contributed by atoms with Crippen LogP contribution in [0.15, 0.2) is 0 Å². The third-order valence-corrected chi connectivity index (χ3v) is 4.64. The highest BCUT2D eigenvalue weighted by atomic mass is 15.1. The van der Waals surface area contributed by atoms with Gasteiger partial charge in [0.15, 0.2) is 0 Å². The summed E-state index contributed by atoms with van der Waals surface area (Å²) < 4.78 is 0. The van der Waals surface area contributed by atoms with Crippen molar-refractivity contribution in [3.8, 4) is 0 Å². The van der Waals surface area contributed by atoms with Crippen LogP contribution in [0.4, 0.5) is 0 Å². The Bertz CT molecular complexity index is 213. The van der Waals surface area contributed by atoms with Gasteiger partial charge in [0.25, 0.3) is 0 Å². The third-order valence-electron chi connectivity index (χ3n) is 4.64. The van der Waals surface area contributed by atoms with Crippen molar-refractivity contribution in [2.45, 2.75) is 51.5 Å². The van der Waals surface area contributed by atoms with E-state index in [1.54, 1.807) is 0 Å². The second-order valence-corrected chi connectivity index (χ2v) is 6.36. The van der Waals surface area contributed by atoms with Crippen LogP contribution in [0.3, 0.4) is 0 Å². The van der Waals surface area contributed by atoms with Crippen molar-refractivity contribution >= 4 is 0 Å². The summed E-state index contributed by atoms with van der Waals surface area (Å²) in [6, 6.07) is 0.458. The summed E-state index contributed by atoms with van der Waals surface area (Å²) in [6.45, 7) is 4.91. The zero-order valence-corrected chi connectivity index (χ0v) is 11.0. The maximum Gasteiger partial charge on any atom is 0.00795 e. The fraction of sp³-hybridized carbons (Fsp3) is 1.00. The van der Waals surface area contributed by atoms with Crippen LogP contribution in [0.25, 0.3) is 0 Å². The molecule has 0 spiro atoms. The van der Waals surface area contributed by atoms with Crippen LogP contribution < -0.4 is 5.73 Å². The molecule has 3 atom stereocenters. The van der Waals surface area contributed by atoms with E-state index in [2.05, 4.69) is 18.9 Å². The maximum absolute atomic E-state index is 6.24. The van der Waals surface area contributed by atoms with Crippen molar-refractivity contribution in [3.63, 3.8) is 0 Å². The highest BCUT2D eigenvalue weighted by molar-refractivity contribution is 4.83. The number of hydrogen-bond acceptors (Lipinski definition) is 2. The van der Waals surface area contributed by atoms with E-state index in [1.165, 1.54) is 51.6 Å². The topological polar surface area (TPSA) is 29.3 Å². The minimum absolute atomic E-state index is 0.458. The molecule has 0 bridgehead atoms. The largest absolute Gasteiger partial charge is 0.327 e. The Hall–Kier alpha value is -0.0800. The summed E-state index contributed by atoms with van der Waals surface area (Å²) in [5, 5.41) is 0. The first-order chi connectivity index (χ1) is 7.65. The van der Waals surface area contributed by atoms with Crippen molar-refractivity contribution in [3.05, 3.63) is 0 Å². The van der Waals surface area contributed by atoms with E-state index >= 15 is 0 Å². The number of nitrogens with two attached hydrogens (primary N) is 1. The van der Waals surface area contributed by atoms with Crippen LogP contribution in [0.2, 0.25) is 0 Å². The highest BCUT2D eigenvalue weighted by Gasteiger charge is 2.28. The van der Waals surface area contributed by atoms with Gasteiger partial charge in [-0.1, -0.05) is 13.3 Å². The second kappa shape index (κ2) is 5.50. The lowest BCUT2D eigenvalue weighted by molar-refractivity contribution is 0.146. The summed E-state index contributed by atoms with van der Waals surface area (Å²) in [7, 11) is 2.28. The van der Waals surface area contributed by atoms with Gasteiger partial charge in [-0.3, -0.25) is 0 Å². The Morgan fingerprint density at radius 1 is 1.12 bits per heavy atom. The molecule has 2 fully saturated rings. The van der Waals surface area contributed by atoms with Gasteiger partial charge in [-0.25, -0.2) is 0 Å². The minimum atomic E-state index is 0.458. The Labute approximate surface area is 101 Å². The van der Waals surface area contributed by atoms with Gasteiger partial charge < -0.3 is 10.6 Å². The SMILES string of the molecule is CC1CCC(N)C(CN(C)CC2CCC2)C1.